The van der Waals surface area contributed by atoms with E-state index in [2.05, 4.69) is 46.4 Å². The number of benzene rings is 1. The number of hydrogen-bond acceptors (Lipinski definition) is 4. The first-order valence-corrected chi connectivity index (χ1v) is 11.9. The first-order valence-electron chi connectivity index (χ1n) is 11.9. The zero-order valence-corrected chi connectivity index (χ0v) is 18.8. The Morgan fingerprint density at radius 2 is 1.84 bits per heavy atom. The zero-order valence-electron chi connectivity index (χ0n) is 18.8. The van der Waals surface area contributed by atoms with Gasteiger partial charge in [0.05, 0.1) is 13.2 Å². The molecule has 0 bridgehead atoms. The van der Waals surface area contributed by atoms with E-state index in [0.29, 0.717) is 17.8 Å². The van der Waals surface area contributed by atoms with E-state index >= 15 is 0 Å². The fraction of sp³-hybridized carbons (Fsp3) is 0.577. The Balaban J connectivity index is 1.48. The van der Waals surface area contributed by atoms with E-state index in [0.717, 1.165) is 51.0 Å². The number of carbonyl (C=O) groups excluding carboxylic acids is 1. The molecule has 3 atom stereocenters. The Kier molecular flexibility index (Phi) is 5.89. The van der Waals surface area contributed by atoms with Crippen LogP contribution in [-0.4, -0.2) is 62.1 Å². The van der Waals surface area contributed by atoms with Crippen LogP contribution in [0.15, 0.2) is 47.7 Å². The van der Waals surface area contributed by atoms with Crippen molar-refractivity contribution in [2.75, 3.05) is 51.8 Å². The maximum absolute atomic E-state index is 11.4. The summed E-state index contributed by atoms with van der Waals surface area (Å²) in [5, 5.41) is 2.90. The molecule has 2 aliphatic carbocycles. The maximum Gasteiger partial charge on any atom is 0.221 e. The number of rotatable bonds is 4. The van der Waals surface area contributed by atoms with Crippen LogP contribution in [0, 0.1) is 17.8 Å². The number of allylic oxidation sites excluding steroid dienone is 2. The minimum atomic E-state index is -0.0242. The van der Waals surface area contributed by atoms with Crippen molar-refractivity contribution in [2.45, 2.75) is 32.1 Å². The summed E-state index contributed by atoms with van der Waals surface area (Å²) < 4.78 is 5.62. The second-order valence-electron chi connectivity index (χ2n) is 9.79. The lowest BCUT2D eigenvalue weighted by Crippen LogP contribution is -2.46. The number of likely N-dealkylation sites (tertiary alicyclic amines) is 1. The van der Waals surface area contributed by atoms with Gasteiger partial charge in [-0.25, -0.2) is 0 Å². The molecule has 31 heavy (non-hydrogen) atoms. The molecule has 1 aromatic carbocycles. The highest BCUT2D eigenvalue weighted by Gasteiger charge is 2.42. The second-order valence-corrected chi connectivity index (χ2v) is 9.79. The molecule has 5 nitrogen and oxygen atoms in total. The molecule has 2 saturated heterocycles. The maximum atomic E-state index is 11.4. The molecule has 2 aliphatic heterocycles. The minimum Gasteiger partial charge on any atom is -0.378 e. The lowest BCUT2D eigenvalue weighted by atomic mass is 9.63. The summed E-state index contributed by atoms with van der Waals surface area (Å²) in [7, 11) is 2.27. The molecule has 0 radical (unpaired) electrons. The van der Waals surface area contributed by atoms with Crippen LogP contribution in [0.25, 0.3) is 0 Å². The molecule has 4 aliphatic rings. The van der Waals surface area contributed by atoms with Crippen molar-refractivity contribution in [1.29, 1.82) is 0 Å². The average Bonchev–Trinajstić information content (AvgIpc) is 2.73. The number of morpholine rings is 1. The van der Waals surface area contributed by atoms with Gasteiger partial charge < -0.3 is 19.9 Å². The summed E-state index contributed by atoms with van der Waals surface area (Å²) in [5.74, 6) is 2.47. The summed E-state index contributed by atoms with van der Waals surface area (Å²) in [6.45, 7) is 7.41. The van der Waals surface area contributed by atoms with E-state index in [4.69, 9.17) is 4.74 Å². The first kappa shape index (κ1) is 20.8. The van der Waals surface area contributed by atoms with Crippen LogP contribution in [0.2, 0.25) is 0 Å². The molecular formula is C26H35N3O2. The summed E-state index contributed by atoms with van der Waals surface area (Å²) in [6, 6.07) is 8.51. The van der Waals surface area contributed by atoms with Crippen LogP contribution in [-0.2, 0) is 9.53 Å². The van der Waals surface area contributed by atoms with Gasteiger partial charge >= 0.3 is 0 Å². The first-order chi connectivity index (χ1) is 15.1. The van der Waals surface area contributed by atoms with Gasteiger partial charge in [-0.1, -0.05) is 30.2 Å². The fourth-order valence-electron chi connectivity index (χ4n) is 5.88. The molecule has 3 unspecified atom stereocenters. The van der Waals surface area contributed by atoms with Gasteiger partial charge in [-0.15, -0.1) is 0 Å². The van der Waals surface area contributed by atoms with Crippen molar-refractivity contribution in [3.05, 3.63) is 53.3 Å². The van der Waals surface area contributed by atoms with Crippen LogP contribution in [0.4, 0.5) is 5.69 Å². The molecule has 5 heteroatoms. The van der Waals surface area contributed by atoms with Crippen LogP contribution in [0.1, 0.15) is 37.7 Å². The average molecular weight is 422 g/mol. The molecule has 0 spiro atoms. The van der Waals surface area contributed by atoms with Crippen molar-refractivity contribution >= 4 is 11.6 Å². The van der Waals surface area contributed by atoms with Gasteiger partial charge in [0.1, 0.15) is 0 Å². The topological polar surface area (TPSA) is 44.8 Å². The van der Waals surface area contributed by atoms with E-state index < -0.39 is 0 Å². The van der Waals surface area contributed by atoms with Crippen LogP contribution in [0.3, 0.4) is 0 Å². The molecule has 1 saturated carbocycles. The number of anilines is 1. The number of amides is 1. The number of carbonyl (C=O) groups is 1. The Bertz CT molecular complexity index is 865. The number of hydrogen-bond donors (Lipinski definition) is 1. The van der Waals surface area contributed by atoms with Crippen molar-refractivity contribution in [1.82, 2.24) is 9.80 Å². The van der Waals surface area contributed by atoms with E-state index in [1.165, 1.54) is 30.5 Å². The second kappa shape index (κ2) is 8.79. The third-order valence-electron chi connectivity index (χ3n) is 7.68. The van der Waals surface area contributed by atoms with E-state index in [1.807, 2.05) is 12.1 Å². The molecule has 5 rings (SSSR count). The standard InChI is InChI=1S/C26H35N3O2/c1-18(30)27-21-8-6-20(7-9-21)25-16-28(2)17-26-23(19-4-3-5-19)14-22(15-24(25)26)29-10-12-31-13-11-29/h6-9,14-15,19,23,25-26H,3-5,10-13,16-17H2,1-2H3,(H,27,30). The highest BCUT2D eigenvalue weighted by molar-refractivity contribution is 5.88. The van der Waals surface area contributed by atoms with E-state index in [1.54, 1.807) is 12.5 Å². The number of ether oxygens (including phenoxy) is 1. The van der Waals surface area contributed by atoms with Gasteiger partial charge in [0.25, 0.3) is 0 Å². The highest BCUT2D eigenvalue weighted by Crippen LogP contribution is 2.49. The summed E-state index contributed by atoms with van der Waals surface area (Å²) in [4.78, 5) is 16.5. The molecule has 1 N–H and O–H groups in total. The van der Waals surface area contributed by atoms with Gasteiger partial charge in [0.15, 0.2) is 0 Å². The predicted octanol–water partition coefficient (Wildman–Crippen LogP) is 3.86. The highest BCUT2D eigenvalue weighted by atomic mass is 16.5. The van der Waals surface area contributed by atoms with Gasteiger partial charge in [-0.3, -0.25) is 4.79 Å². The van der Waals surface area contributed by atoms with Crippen molar-refractivity contribution in [2.24, 2.45) is 17.8 Å². The molecule has 3 fully saturated rings. The number of nitrogens with one attached hydrogen (secondary N) is 1. The SMILES string of the molecule is CC(=O)Nc1ccc(C2CN(C)CC3C2=CC(N2CCOCC2)=CC3C2CCC2)cc1. The number of nitrogens with zero attached hydrogens (tertiary/aromatic N) is 2. The van der Waals surface area contributed by atoms with Crippen molar-refractivity contribution < 1.29 is 9.53 Å². The predicted molar refractivity (Wildman–Crippen MR) is 124 cm³/mol. The molecule has 2 heterocycles. The Labute approximate surface area is 186 Å². The van der Waals surface area contributed by atoms with E-state index in [-0.39, 0.29) is 5.91 Å². The number of fused-ring (bicyclic) bond motifs is 1. The number of piperidine rings is 1. The molecule has 166 valence electrons. The number of likely N-dealkylation sites (N-methyl/N-ethyl adjacent to an activating group) is 1. The lowest BCUT2D eigenvalue weighted by Gasteiger charge is -2.48. The third-order valence-corrected chi connectivity index (χ3v) is 7.68. The third kappa shape index (κ3) is 4.31. The fourth-order valence-corrected chi connectivity index (χ4v) is 5.88. The van der Waals surface area contributed by atoms with Crippen LogP contribution in [0.5, 0.6) is 0 Å². The molecule has 0 aromatic heterocycles. The monoisotopic (exact) mass is 421 g/mol. The normalized spacial score (nSPS) is 29.5. The largest absolute Gasteiger partial charge is 0.378 e. The van der Waals surface area contributed by atoms with Crippen LogP contribution < -0.4 is 5.32 Å². The molecule has 1 aromatic rings. The van der Waals surface area contributed by atoms with E-state index in [9.17, 15) is 4.79 Å². The van der Waals surface area contributed by atoms with Gasteiger partial charge in [0, 0.05) is 56.3 Å². The zero-order chi connectivity index (χ0) is 21.4. The minimum absolute atomic E-state index is 0.0242. The smallest absolute Gasteiger partial charge is 0.221 e. The van der Waals surface area contributed by atoms with Crippen LogP contribution >= 0.6 is 0 Å². The summed E-state index contributed by atoms with van der Waals surface area (Å²) in [5.41, 5.74) is 5.27. The van der Waals surface area contributed by atoms with Crippen molar-refractivity contribution in [3.8, 4) is 0 Å². The lowest BCUT2D eigenvalue weighted by molar-refractivity contribution is -0.114. The molecule has 1 amide bonds. The van der Waals surface area contributed by atoms with Gasteiger partial charge in [-0.2, -0.15) is 0 Å². The Morgan fingerprint density at radius 3 is 2.48 bits per heavy atom. The van der Waals surface area contributed by atoms with Crippen molar-refractivity contribution in [3.63, 3.8) is 0 Å². The Hall–Kier alpha value is -2.11. The molecular weight excluding hydrogens is 386 g/mol. The Morgan fingerprint density at radius 1 is 1.10 bits per heavy atom. The summed E-state index contributed by atoms with van der Waals surface area (Å²) in [6.07, 6.45) is 9.27. The summed E-state index contributed by atoms with van der Waals surface area (Å²) >= 11 is 0. The van der Waals surface area contributed by atoms with Gasteiger partial charge in [-0.05, 0) is 55.5 Å². The quantitative estimate of drug-likeness (QED) is 0.802. The van der Waals surface area contributed by atoms with Gasteiger partial charge in [0.2, 0.25) is 5.91 Å².